The van der Waals surface area contributed by atoms with Crippen molar-refractivity contribution in [3.63, 3.8) is 0 Å². The van der Waals surface area contributed by atoms with Gasteiger partial charge in [0.15, 0.2) is 0 Å². The van der Waals surface area contributed by atoms with E-state index in [1.807, 2.05) is 24.3 Å². The van der Waals surface area contributed by atoms with Crippen LogP contribution in [0.5, 0.6) is 5.75 Å². The van der Waals surface area contributed by atoms with Crippen molar-refractivity contribution in [3.05, 3.63) is 24.3 Å². The van der Waals surface area contributed by atoms with Crippen molar-refractivity contribution in [2.45, 2.75) is 51.5 Å². The van der Waals surface area contributed by atoms with Crippen LogP contribution in [0.15, 0.2) is 24.3 Å². The maximum absolute atomic E-state index is 12.3. The van der Waals surface area contributed by atoms with Crippen LogP contribution in [0.1, 0.15) is 45.4 Å². The van der Waals surface area contributed by atoms with Crippen LogP contribution in [0.4, 0.5) is 5.13 Å². The average molecular weight is 403 g/mol. The minimum Gasteiger partial charge on any atom is -0.497 e. The number of hydrogen-bond acceptors (Lipinski definition) is 6. The molecule has 0 radical (unpaired) electrons. The molecule has 1 fully saturated rings. The summed E-state index contributed by atoms with van der Waals surface area (Å²) in [5.74, 6) is 1.05. The maximum Gasteiger partial charge on any atom is 0.248 e. The summed E-state index contributed by atoms with van der Waals surface area (Å²) < 4.78 is 5.14. The normalized spacial score (nSPS) is 15.2. The van der Waals surface area contributed by atoms with Gasteiger partial charge in [-0.15, -0.1) is 10.2 Å². The average Bonchev–Trinajstić information content (AvgIpc) is 3.38. The van der Waals surface area contributed by atoms with Gasteiger partial charge in [-0.3, -0.25) is 14.9 Å². The number of rotatable bonds is 8. The van der Waals surface area contributed by atoms with E-state index in [0.717, 1.165) is 17.7 Å². The molecule has 2 amide bonds. The zero-order chi connectivity index (χ0) is 19.9. The highest BCUT2D eigenvalue weighted by molar-refractivity contribution is 7.18. The molecular weight excluding hydrogens is 376 g/mol. The van der Waals surface area contributed by atoms with E-state index in [0.29, 0.717) is 22.5 Å². The second-order valence-corrected chi connectivity index (χ2v) is 8.09. The molecule has 0 saturated heterocycles. The summed E-state index contributed by atoms with van der Waals surface area (Å²) in [6.45, 7) is 1.67. The van der Waals surface area contributed by atoms with Crippen LogP contribution in [0.25, 0.3) is 10.6 Å². The first-order valence-corrected chi connectivity index (χ1v) is 10.4. The van der Waals surface area contributed by atoms with Gasteiger partial charge < -0.3 is 10.1 Å². The first-order chi connectivity index (χ1) is 13.5. The molecule has 0 bridgehead atoms. The van der Waals surface area contributed by atoms with E-state index in [4.69, 9.17) is 4.74 Å². The van der Waals surface area contributed by atoms with Gasteiger partial charge in [-0.2, -0.15) is 0 Å². The molecule has 8 heteroatoms. The highest BCUT2D eigenvalue weighted by atomic mass is 32.1. The van der Waals surface area contributed by atoms with Crippen LogP contribution in [-0.2, 0) is 9.59 Å². The molecule has 1 saturated carbocycles. The zero-order valence-corrected chi connectivity index (χ0v) is 17.1. The molecule has 1 atom stereocenters. The van der Waals surface area contributed by atoms with Crippen LogP contribution in [0.3, 0.4) is 0 Å². The number of amides is 2. The van der Waals surface area contributed by atoms with Gasteiger partial charge in [0.25, 0.3) is 0 Å². The molecule has 2 N–H and O–H groups in total. The summed E-state index contributed by atoms with van der Waals surface area (Å²) in [4.78, 5) is 24.4. The third kappa shape index (κ3) is 5.51. The largest absolute Gasteiger partial charge is 0.497 e. The lowest BCUT2D eigenvalue weighted by Crippen LogP contribution is -2.41. The Labute approximate surface area is 168 Å². The molecule has 7 nitrogen and oxygen atoms in total. The summed E-state index contributed by atoms with van der Waals surface area (Å²) in [5, 5.41) is 14.7. The molecule has 1 heterocycles. The van der Waals surface area contributed by atoms with Crippen LogP contribution < -0.4 is 15.4 Å². The van der Waals surface area contributed by atoms with Crippen LogP contribution >= 0.6 is 11.3 Å². The number of anilines is 1. The van der Waals surface area contributed by atoms with Crippen LogP contribution in [0.2, 0.25) is 0 Å². The number of nitrogens with zero attached hydrogens (tertiary/aromatic N) is 2. The van der Waals surface area contributed by atoms with Gasteiger partial charge in [0.2, 0.25) is 16.9 Å². The molecule has 1 aliphatic carbocycles. The van der Waals surface area contributed by atoms with E-state index >= 15 is 0 Å². The topological polar surface area (TPSA) is 93.2 Å². The molecule has 3 rings (SSSR count). The Morgan fingerprint density at radius 2 is 1.93 bits per heavy atom. The van der Waals surface area contributed by atoms with Crippen molar-refractivity contribution in [2.24, 2.45) is 5.92 Å². The smallest absolute Gasteiger partial charge is 0.248 e. The van der Waals surface area contributed by atoms with Gasteiger partial charge >= 0.3 is 0 Å². The fourth-order valence-corrected chi connectivity index (χ4v) is 4.10. The molecule has 2 aromatic rings. The highest BCUT2D eigenvalue weighted by Crippen LogP contribution is 2.29. The SMILES string of the molecule is COc1ccc(-c2nnc(NC(=O)[C@@H](C)NC(=O)CCC3CCCC3)s2)cc1. The molecule has 1 aromatic heterocycles. The van der Waals surface area contributed by atoms with E-state index < -0.39 is 6.04 Å². The summed E-state index contributed by atoms with van der Waals surface area (Å²) >= 11 is 1.28. The number of nitrogens with one attached hydrogen (secondary N) is 2. The van der Waals surface area contributed by atoms with E-state index in [2.05, 4.69) is 20.8 Å². The van der Waals surface area contributed by atoms with Gasteiger partial charge in [-0.05, 0) is 43.5 Å². The van der Waals surface area contributed by atoms with Crippen molar-refractivity contribution in [3.8, 4) is 16.3 Å². The molecular formula is C20H26N4O3S. The molecule has 1 aromatic carbocycles. The van der Waals surface area contributed by atoms with E-state index in [1.54, 1.807) is 14.0 Å². The number of ether oxygens (including phenoxy) is 1. The number of hydrogen-bond donors (Lipinski definition) is 2. The molecule has 0 spiro atoms. The molecule has 0 aliphatic heterocycles. The number of carbonyl (C=O) groups is 2. The second-order valence-electron chi connectivity index (χ2n) is 7.11. The number of methoxy groups -OCH3 is 1. The fraction of sp³-hybridized carbons (Fsp3) is 0.500. The van der Waals surface area contributed by atoms with Crippen molar-refractivity contribution in [1.82, 2.24) is 15.5 Å². The third-order valence-electron chi connectivity index (χ3n) is 5.02. The first-order valence-electron chi connectivity index (χ1n) is 9.63. The maximum atomic E-state index is 12.3. The number of carbonyl (C=O) groups excluding carboxylic acids is 2. The lowest BCUT2D eigenvalue weighted by molar-refractivity contribution is -0.126. The molecule has 0 unspecified atom stereocenters. The lowest BCUT2D eigenvalue weighted by atomic mass is 10.0. The fourth-order valence-electron chi connectivity index (χ4n) is 3.35. The van der Waals surface area contributed by atoms with Crippen molar-refractivity contribution in [2.75, 3.05) is 12.4 Å². The van der Waals surface area contributed by atoms with E-state index in [1.165, 1.54) is 37.0 Å². The summed E-state index contributed by atoms with van der Waals surface area (Å²) in [6.07, 6.45) is 6.36. The Bertz CT molecular complexity index is 800. The van der Waals surface area contributed by atoms with Crippen LogP contribution in [-0.4, -0.2) is 35.2 Å². The highest BCUT2D eigenvalue weighted by Gasteiger charge is 2.20. The van der Waals surface area contributed by atoms with Gasteiger partial charge in [-0.1, -0.05) is 37.0 Å². The van der Waals surface area contributed by atoms with Crippen LogP contribution in [0, 0.1) is 5.92 Å². The van der Waals surface area contributed by atoms with Crippen molar-refractivity contribution >= 4 is 28.3 Å². The van der Waals surface area contributed by atoms with E-state index in [-0.39, 0.29) is 11.8 Å². The first kappa shape index (κ1) is 20.3. The summed E-state index contributed by atoms with van der Waals surface area (Å²) in [6, 6.07) is 6.84. The van der Waals surface area contributed by atoms with Gasteiger partial charge in [0, 0.05) is 12.0 Å². The second kappa shape index (κ2) is 9.64. The minimum atomic E-state index is -0.621. The quantitative estimate of drug-likeness (QED) is 0.703. The minimum absolute atomic E-state index is 0.0780. The van der Waals surface area contributed by atoms with Gasteiger partial charge in [0.05, 0.1) is 7.11 Å². The monoisotopic (exact) mass is 402 g/mol. The van der Waals surface area contributed by atoms with E-state index in [9.17, 15) is 9.59 Å². The third-order valence-corrected chi connectivity index (χ3v) is 5.91. The Balaban J connectivity index is 1.48. The molecule has 28 heavy (non-hydrogen) atoms. The number of aromatic nitrogens is 2. The summed E-state index contributed by atoms with van der Waals surface area (Å²) in [5.41, 5.74) is 0.895. The Kier molecular flexibility index (Phi) is 6.97. The van der Waals surface area contributed by atoms with Crippen molar-refractivity contribution < 1.29 is 14.3 Å². The Hall–Kier alpha value is -2.48. The lowest BCUT2D eigenvalue weighted by Gasteiger charge is -2.14. The van der Waals surface area contributed by atoms with Gasteiger partial charge in [-0.25, -0.2) is 0 Å². The molecule has 1 aliphatic rings. The number of benzene rings is 1. The predicted octanol–water partition coefficient (Wildman–Crippen LogP) is 3.63. The Morgan fingerprint density at radius 1 is 1.21 bits per heavy atom. The Morgan fingerprint density at radius 3 is 2.61 bits per heavy atom. The van der Waals surface area contributed by atoms with Crippen molar-refractivity contribution in [1.29, 1.82) is 0 Å². The zero-order valence-electron chi connectivity index (χ0n) is 16.2. The standard InChI is InChI=1S/C20H26N4O3S/c1-13(21-17(25)12-7-14-5-3-4-6-14)18(26)22-20-24-23-19(28-20)15-8-10-16(27-2)11-9-15/h8-11,13-14H,3-7,12H2,1-2H3,(H,21,25)(H,22,24,26)/t13-/m1/s1. The summed E-state index contributed by atoms with van der Waals surface area (Å²) in [7, 11) is 1.61. The predicted molar refractivity (Wildman–Crippen MR) is 109 cm³/mol. The van der Waals surface area contributed by atoms with Gasteiger partial charge in [0.1, 0.15) is 16.8 Å². The molecule has 150 valence electrons.